The van der Waals surface area contributed by atoms with Crippen LogP contribution in [0, 0.1) is 25.5 Å². The van der Waals surface area contributed by atoms with E-state index in [1.165, 1.54) is 6.07 Å². The van der Waals surface area contributed by atoms with Gasteiger partial charge in [-0.1, -0.05) is 11.2 Å². The predicted molar refractivity (Wildman–Crippen MR) is 81.9 cm³/mol. The zero-order chi connectivity index (χ0) is 17.4. The maximum atomic E-state index is 13.3. The van der Waals surface area contributed by atoms with Gasteiger partial charge < -0.3 is 9.84 Å². The largest absolute Gasteiger partial charge is 0.361 e. The van der Waals surface area contributed by atoms with Crippen molar-refractivity contribution in [1.82, 2.24) is 10.5 Å². The van der Waals surface area contributed by atoms with Crippen LogP contribution in [0.15, 0.2) is 22.7 Å². The van der Waals surface area contributed by atoms with Crippen molar-refractivity contribution in [1.29, 1.82) is 0 Å². The SMILES string of the molecule is Cc1noc(C)c1C(C)(C)NC(=O)C(C)c1ccc(F)c(F)c1. The first-order valence-corrected chi connectivity index (χ1v) is 7.34. The van der Waals surface area contributed by atoms with Crippen LogP contribution in [0.5, 0.6) is 0 Å². The molecule has 1 aromatic heterocycles. The Morgan fingerprint density at radius 3 is 2.43 bits per heavy atom. The molecule has 2 rings (SSSR count). The summed E-state index contributed by atoms with van der Waals surface area (Å²) in [6.45, 7) is 8.91. The zero-order valence-electron chi connectivity index (χ0n) is 13.8. The lowest BCUT2D eigenvalue weighted by Gasteiger charge is -2.28. The quantitative estimate of drug-likeness (QED) is 0.933. The number of nitrogens with one attached hydrogen (secondary N) is 1. The minimum Gasteiger partial charge on any atom is -0.361 e. The zero-order valence-corrected chi connectivity index (χ0v) is 13.8. The van der Waals surface area contributed by atoms with E-state index >= 15 is 0 Å². The molecule has 23 heavy (non-hydrogen) atoms. The summed E-state index contributed by atoms with van der Waals surface area (Å²) >= 11 is 0. The molecular formula is C17H20F2N2O2. The molecule has 6 heteroatoms. The summed E-state index contributed by atoms with van der Waals surface area (Å²) in [4.78, 5) is 12.5. The van der Waals surface area contributed by atoms with E-state index in [4.69, 9.17) is 4.52 Å². The second kappa shape index (κ2) is 6.10. The molecule has 1 N–H and O–H groups in total. The van der Waals surface area contributed by atoms with Gasteiger partial charge in [-0.3, -0.25) is 4.79 Å². The summed E-state index contributed by atoms with van der Waals surface area (Å²) in [5.41, 5.74) is 1.23. The topological polar surface area (TPSA) is 55.1 Å². The molecule has 4 nitrogen and oxygen atoms in total. The van der Waals surface area contributed by atoms with Crippen LogP contribution in [0.1, 0.15) is 49.3 Å². The lowest BCUT2D eigenvalue weighted by molar-refractivity contribution is -0.123. The number of rotatable bonds is 4. The van der Waals surface area contributed by atoms with E-state index in [9.17, 15) is 13.6 Å². The van der Waals surface area contributed by atoms with E-state index in [0.717, 1.165) is 17.7 Å². The van der Waals surface area contributed by atoms with Crippen LogP contribution in [-0.2, 0) is 10.3 Å². The Labute approximate surface area is 133 Å². The first kappa shape index (κ1) is 17.1. The van der Waals surface area contributed by atoms with Crippen LogP contribution in [0.25, 0.3) is 0 Å². The summed E-state index contributed by atoms with van der Waals surface area (Å²) in [5.74, 6) is -2.18. The lowest BCUT2D eigenvalue weighted by Crippen LogP contribution is -2.43. The van der Waals surface area contributed by atoms with Crippen molar-refractivity contribution < 1.29 is 18.1 Å². The smallest absolute Gasteiger partial charge is 0.227 e. The van der Waals surface area contributed by atoms with Crippen molar-refractivity contribution in [3.8, 4) is 0 Å². The molecule has 0 saturated heterocycles. The Hall–Kier alpha value is -2.24. The van der Waals surface area contributed by atoms with E-state index in [2.05, 4.69) is 10.5 Å². The Bertz CT molecular complexity index is 719. The third-order valence-corrected chi connectivity index (χ3v) is 3.93. The monoisotopic (exact) mass is 322 g/mol. The molecule has 1 heterocycles. The predicted octanol–water partition coefficient (Wildman–Crippen LogP) is 3.72. The Morgan fingerprint density at radius 1 is 1.26 bits per heavy atom. The Kier molecular flexibility index (Phi) is 4.54. The molecule has 0 aliphatic rings. The average molecular weight is 322 g/mol. The van der Waals surface area contributed by atoms with Crippen LogP contribution >= 0.6 is 0 Å². The first-order chi connectivity index (χ1) is 10.6. The average Bonchev–Trinajstić information content (AvgIpc) is 2.80. The maximum absolute atomic E-state index is 13.3. The molecule has 124 valence electrons. The molecule has 1 amide bonds. The van der Waals surface area contributed by atoms with Gasteiger partial charge in [-0.05, 0) is 52.3 Å². The minimum atomic E-state index is -0.966. The number of hydrogen-bond donors (Lipinski definition) is 1. The second-order valence-corrected chi connectivity index (χ2v) is 6.21. The number of aromatic nitrogens is 1. The van der Waals surface area contributed by atoms with Gasteiger partial charge in [0.2, 0.25) is 5.91 Å². The molecule has 0 fully saturated rings. The van der Waals surface area contributed by atoms with Crippen LogP contribution in [0.4, 0.5) is 8.78 Å². The van der Waals surface area contributed by atoms with Crippen molar-refractivity contribution >= 4 is 5.91 Å². The molecule has 0 aliphatic heterocycles. The number of hydrogen-bond acceptors (Lipinski definition) is 3. The molecule has 0 bridgehead atoms. The van der Waals surface area contributed by atoms with Gasteiger partial charge in [-0.25, -0.2) is 8.78 Å². The fraction of sp³-hybridized carbons (Fsp3) is 0.412. The van der Waals surface area contributed by atoms with Crippen molar-refractivity contribution in [2.45, 2.75) is 46.1 Å². The highest BCUT2D eigenvalue weighted by Gasteiger charge is 2.31. The van der Waals surface area contributed by atoms with Crippen molar-refractivity contribution in [2.24, 2.45) is 0 Å². The highest BCUT2D eigenvalue weighted by molar-refractivity contribution is 5.84. The normalized spacial score (nSPS) is 13.0. The van der Waals surface area contributed by atoms with Gasteiger partial charge in [0.15, 0.2) is 11.6 Å². The number of carbonyl (C=O) groups excluding carboxylic acids is 1. The van der Waals surface area contributed by atoms with E-state index in [1.807, 2.05) is 13.8 Å². The van der Waals surface area contributed by atoms with Gasteiger partial charge in [0.1, 0.15) is 5.76 Å². The molecular weight excluding hydrogens is 302 g/mol. The molecule has 0 radical (unpaired) electrons. The minimum absolute atomic E-state index is 0.291. The van der Waals surface area contributed by atoms with E-state index in [-0.39, 0.29) is 5.91 Å². The summed E-state index contributed by atoms with van der Waals surface area (Å²) in [6.07, 6.45) is 0. The summed E-state index contributed by atoms with van der Waals surface area (Å²) in [5, 5.41) is 6.81. The van der Waals surface area contributed by atoms with Gasteiger partial charge in [0.05, 0.1) is 17.2 Å². The third kappa shape index (κ3) is 3.41. The van der Waals surface area contributed by atoms with Crippen molar-refractivity contribution in [3.05, 3.63) is 52.4 Å². The Balaban J connectivity index is 2.22. The van der Waals surface area contributed by atoms with E-state index in [0.29, 0.717) is 17.0 Å². The van der Waals surface area contributed by atoms with Gasteiger partial charge in [-0.15, -0.1) is 0 Å². The number of carbonyl (C=O) groups is 1. The molecule has 0 saturated carbocycles. The maximum Gasteiger partial charge on any atom is 0.227 e. The van der Waals surface area contributed by atoms with E-state index in [1.54, 1.807) is 20.8 Å². The van der Waals surface area contributed by atoms with E-state index < -0.39 is 23.1 Å². The fourth-order valence-electron chi connectivity index (χ4n) is 2.79. The van der Waals surface area contributed by atoms with Crippen LogP contribution in [0.2, 0.25) is 0 Å². The van der Waals surface area contributed by atoms with Crippen LogP contribution in [-0.4, -0.2) is 11.1 Å². The van der Waals surface area contributed by atoms with Gasteiger partial charge in [0, 0.05) is 5.56 Å². The van der Waals surface area contributed by atoms with Gasteiger partial charge >= 0.3 is 0 Å². The van der Waals surface area contributed by atoms with Gasteiger partial charge in [0.25, 0.3) is 0 Å². The summed E-state index contributed by atoms with van der Waals surface area (Å²) in [7, 11) is 0. The molecule has 1 atom stereocenters. The molecule has 1 aromatic carbocycles. The Morgan fingerprint density at radius 2 is 1.91 bits per heavy atom. The van der Waals surface area contributed by atoms with Crippen LogP contribution in [0.3, 0.4) is 0 Å². The fourth-order valence-corrected chi connectivity index (χ4v) is 2.79. The number of amides is 1. The molecule has 0 aliphatic carbocycles. The van der Waals surface area contributed by atoms with Crippen molar-refractivity contribution in [2.75, 3.05) is 0 Å². The molecule has 0 spiro atoms. The number of halogens is 2. The summed E-state index contributed by atoms with van der Waals surface area (Å²) in [6, 6.07) is 3.47. The second-order valence-electron chi connectivity index (χ2n) is 6.21. The standard InChI is InChI=1S/C17H20F2N2O2/c1-9(12-6-7-13(18)14(19)8-12)16(22)20-17(4,5)15-10(2)21-23-11(15)3/h6-9H,1-5H3,(H,20,22). The molecule has 1 unspecified atom stereocenters. The van der Waals surface area contributed by atoms with Crippen molar-refractivity contribution in [3.63, 3.8) is 0 Å². The highest BCUT2D eigenvalue weighted by Crippen LogP contribution is 2.28. The molecule has 2 aromatic rings. The summed E-state index contributed by atoms with van der Waals surface area (Å²) < 4.78 is 31.5. The first-order valence-electron chi connectivity index (χ1n) is 7.34. The lowest BCUT2D eigenvalue weighted by atomic mass is 9.91. The van der Waals surface area contributed by atoms with Crippen LogP contribution < -0.4 is 5.32 Å². The number of nitrogens with zero attached hydrogens (tertiary/aromatic N) is 1. The highest BCUT2D eigenvalue weighted by atomic mass is 19.2. The number of benzene rings is 1. The number of aryl methyl sites for hydroxylation is 2. The third-order valence-electron chi connectivity index (χ3n) is 3.93. The van der Waals surface area contributed by atoms with Gasteiger partial charge in [-0.2, -0.15) is 0 Å².